The van der Waals surface area contributed by atoms with Crippen molar-refractivity contribution in [1.82, 2.24) is 14.9 Å². The van der Waals surface area contributed by atoms with E-state index in [9.17, 15) is 27.6 Å². The number of rotatable bonds is 20. The smallest absolute Gasteiger partial charge is 0.407 e. The van der Waals surface area contributed by atoms with Crippen molar-refractivity contribution in [2.75, 3.05) is 38.6 Å². The van der Waals surface area contributed by atoms with E-state index < -0.39 is 46.2 Å². The van der Waals surface area contributed by atoms with Crippen LogP contribution < -0.4 is 22.1 Å². The average molecular weight is 766 g/mol. The molecule has 1 saturated heterocycles. The van der Waals surface area contributed by atoms with Gasteiger partial charge >= 0.3 is 12.1 Å². The number of nitrogens with zero attached hydrogens (tertiary/aromatic N) is 1. The van der Waals surface area contributed by atoms with Gasteiger partial charge in [-0.05, 0) is 79.3 Å². The number of carbonyl (C=O) groups excluding carboxylic acids is 4. The number of amides is 3. The minimum Gasteiger partial charge on any atom is -0.459 e. The number of nitrogens with one attached hydrogen (secondary N) is 2. The summed E-state index contributed by atoms with van der Waals surface area (Å²) in [5.41, 5.74) is 13.0. The molecule has 4 rings (SSSR count). The van der Waals surface area contributed by atoms with Gasteiger partial charge in [0.1, 0.15) is 12.2 Å². The normalized spacial score (nSPS) is 15.4. The number of benzene rings is 3. The molecule has 0 bridgehead atoms. The maximum Gasteiger partial charge on any atom is 0.407 e. The SMILES string of the molecule is CC(C)CN(C[C@@H](OC(=O)CCCCCNC(=O)c1ccc(C(N)=O)cc1)[C@H](Cc1ccccc1)NC(=O)O[C@H]1CCOC1)S(=O)(=O)c1ccc(N)cc1. The Labute approximate surface area is 316 Å². The Morgan fingerprint density at radius 1 is 0.907 bits per heavy atom. The van der Waals surface area contributed by atoms with Crippen LogP contribution in [0.25, 0.3) is 0 Å². The van der Waals surface area contributed by atoms with Crippen LogP contribution >= 0.6 is 0 Å². The zero-order chi connectivity index (χ0) is 39.1. The highest BCUT2D eigenvalue weighted by Crippen LogP contribution is 2.22. The average Bonchev–Trinajstić information content (AvgIpc) is 3.65. The number of hydrogen-bond acceptors (Lipinski definition) is 10. The van der Waals surface area contributed by atoms with Crippen LogP contribution in [0.5, 0.6) is 0 Å². The molecule has 54 heavy (non-hydrogen) atoms. The molecule has 14 nitrogen and oxygen atoms in total. The summed E-state index contributed by atoms with van der Waals surface area (Å²) in [4.78, 5) is 50.5. The lowest BCUT2D eigenvalue weighted by atomic mass is 10.0. The zero-order valence-electron chi connectivity index (χ0n) is 30.8. The van der Waals surface area contributed by atoms with E-state index in [2.05, 4.69) is 10.6 Å². The van der Waals surface area contributed by atoms with Gasteiger partial charge in [0.05, 0.1) is 30.7 Å². The fraction of sp³-hybridized carbons (Fsp3) is 0.436. The molecule has 0 saturated carbocycles. The zero-order valence-corrected chi connectivity index (χ0v) is 31.6. The Morgan fingerprint density at radius 2 is 1.59 bits per heavy atom. The topological polar surface area (TPSA) is 209 Å². The van der Waals surface area contributed by atoms with Crippen LogP contribution in [0.3, 0.4) is 0 Å². The third-order valence-corrected chi connectivity index (χ3v) is 10.6. The van der Waals surface area contributed by atoms with E-state index in [0.29, 0.717) is 55.6 Å². The highest BCUT2D eigenvalue weighted by molar-refractivity contribution is 7.89. The van der Waals surface area contributed by atoms with Crippen molar-refractivity contribution >= 4 is 39.6 Å². The second-order valence-corrected chi connectivity index (χ2v) is 15.6. The summed E-state index contributed by atoms with van der Waals surface area (Å²) in [5.74, 6) is -1.54. The van der Waals surface area contributed by atoms with Crippen LogP contribution in [0.4, 0.5) is 10.5 Å². The number of carbonyl (C=O) groups is 4. The Kier molecular flexibility index (Phi) is 15.8. The monoisotopic (exact) mass is 765 g/mol. The standard InChI is InChI=1S/C39H51N5O9S/c1-27(2)24-44(54(49,50)33-18-16-31(40)17-19-33)25-35(34(23-28-9-5-3-6-10-28)43-39(48)52-32-20-22-51-26-32)53-36(45)11-7-4-8-21-42-38(47)30-14-12-29(13-15-30)37(41)46/h3,5-6,9-10,12-19,27,32,34-35H,4,7-8,11,20-26,40H2,1-2H3,(H2,41,46)(H,42,47)(H,43,48)/t32-,34-,35+/m0/s1. The van der Waals surface area contributed by atoms with Gasteiger partial charge in [-0.15, -0.1) is 0 Å². The number of alkyl carbamates (subject to hydrolysis) is 1. The van der Waals surface area contributed by atoms with E-state index in [4.69, 9.17) is 25.7 Å². The second kappa shape index (κ2) is 20.5. The molecular formula is C39H51N5O9S. The van der Waals surface area contributed by atoms with E-state index in [1.807, 2.05) is 44.2 Å². The molecule has 0 aromatic heterocycles. The highest BCUT2D eigenvalue weighted by Gasteiger charge is 2.35. The molecule has 0 unspecified atom stereocenters. The molecule has 0 spiro atoms. The van der Waals surface area contributed by atoms with E-state index in [0.717, 1.165) is 5.56 Å². The lowest BCUT2D eigenvalue weighted by Crippen LogP contribution is -2.53. The summed E-state index contributed by atoms with van der Waals surface area (Å²) in [6.45, 7) is 4.74. The van der Waals surface area contributed by atoms with E-state index in [1.165, 1.54) is 52.8 Å². The fourth-order valence-electron chi connectivity index (χ4n) is 5.89. The molecule has 1 aliphatic rings. The van der Waals surface area contributed by atoms with Gasteiger partial charge < -0.3 is 36.3 Å². The van der Waals surface area contributed by atoms with Gasteiger partial charge in [-0.3, -0.25) is 14.4 Å². The van der Waals surface area contributed by atoms with Gasteiger partial charge in [0, 0.05) is 42.7 Å². The molecule has 1 heterocycles. The Morgan fingerprint density at radius 3 is 2.22 bits per heavy atom. The van der Waals surface area contributed by atoms with Crippen LogP contribution in [0, 0.1) is 5.92 Å². The summed E-state index contributed by atoms with van der Waals surface area (Å²) in [5, 5.41) is 5.69. The van der Waals surface area contributed by atoms with Crippen molar-refractivity contribution < 1.29 is 41.8 Å². The number of anilines is 1. The van der Waals surface area contributed by atoms with E-state index >= 15 is 0 Å². The largest absolute Gasteiger partial charge is 0.459 e. The fourth-order valence-corrected chi connectivity index (χ4v) is 7.50. The Bertz CT molecular complexity index is 1780. The Balaban J connectivity index is 1.48. The van der Waals surface area contributed by atoms with Gasteiger partial charge in [0.2, 0.25) is 15.9 Å². The summed E-state index contributed by atoms with van der Waals surface area (Å²) in [7, 11) is -4.09. The van der Waals surface area contributed by atoms with Crippen LogP contribution in [-0.2, 0) is 35.4 Å². The van der Waals surface area contributed by atoms with Gasteiger partial charge in [-0.25, -0.2) is 13.2 Å². The molecule has 3 atom stereocenters. The first kappa shape index (κ1) is 41.8. The first-order valence-electron chi connectivity index (χ1n) is 18.1. The molecule has 292 valence electrons. The Hall–Kier alpha value is -4.99. The molecule has 6 N–H and O–H groups in total. The second-order valence-electron chi connectivity index (χ2n) is 13.7. The van der Waals surface area contributed by atoms with Crippen molar-refractivity contribution in [3.63, 3.8) is 0 Å². The van der Waals surface area contributed by atoms with E-state index in [1.54, 1.807) is 0 Å². The predicted molar refractivity (Wildman–Crippen MR) is 203 cm³/mol. The first-order chi connectivity index (χ1) is 25.8. The van der Waals surface area contributed by atoms with Crippen molar-refractivity contribution in [3.05, 3.63) is 95.6 Å². The summed E-state index contributed by atoms with van der Waals surface area (Å²) in [6.07, 6.45) is 0.139. The predicted octanol–water partition coefficient (Wildman–Crippen LogP) is 4.04. The molecule has 0 aliphatic carbocycles. The summed E-state index contributed by atoms with van der Waals surface area (Å²) < 4.78 is 46.4. The minimum atomic E-state index is -4.09. The number of nitrogens with two attached hydrogens (primary N) is 2. The van der Waals surface area contributed by atoms with Crippen LogP contribution in [0.2, 0.25) is 0 Å². The molecule has 3 aromatic carbocycles. The molecule has 15 heteroatoms. The number of nitrogen functional groups attached to an aromatic ring is 1. The van der Waals surface area contributed by atoms with E-state index in [-0.39, 0.29) is 49.3 Å². The number of ether oxygens (including phenoxy) is 3. The number of unbranched alkanes of at least 4 members (excludes halogenated alkanes) is 2. The van der Waals surface area contributed by atoms with Gasteiger partial charge in [-0.2, -0.15) is 4.31 Å². The third-order valence-electron chi connectivity index (χ3n) is 8.74. The molecule has 3 amide bonds. The number of hydrogen-bond donors (Lipinski definition) is 4. The molecule has 1 fully saturated rings. The summed E-state index contributed by atoms with van der Waals surface area (Å²) >= 11 is 0. The van der Waals surface area contributed by atoms with Gasteiger partial charge in [0.15, 0.2) is 0 Å². The maximum atomic E-state index is 14.1. The molecule has 1 aliphatic heterocycles. The molecule has 0 radical (unpaired) electrons. The minimum absolute atomic E-state index is 0.0236. The van der Waals surface area contributed by atoms with Crippen molar-refractivity contribution in [3.8, 4) is 0 Å². The maximum absolute atomic E-state index is 14.1. The molecular weight excluding hydrogens is 715 g/mol. The highest BCUT2D eigenvalue weighted by atomic mass is 32.2. The lowest BCUT2D eigenvalue weighted by Gasteiger charge is -2.33. The van der Waals surface area contributed by atoms with Gasteiger partial charge in [-0.1, -0.05) is 50.6 Å². The van der Waals surface area contributed by atoms with Crippen molar-refractivity contribution in [2.24, 2.45) is 11.7 Å². The quantitative estimate of drug-likeness (QED) is 0.0737. The number of sulfonamides is 1. The van der Waals surface area contributed by atoms with Crippen LogP contribution in [0.15, 0.2) is 83.8 Å². The lowest BCUT2D eigenvalue weighted by molar-refractivity contribution is -0.151. The van der Waals surface area contributed by atoms with Crippen LogP contribution in [0.1, 0.15) is 72.2 Å². The summed E-state index contributed by atoms with van der Waals surface area (Å²) in [6, 6.07) is 20.3. The number of primary amides is 1. The van der Waals surface area contributed by atoms with Crippen molar-refractivity contribution in [2.45, 2.75) is 75.5 Å². The third kappa shape index (κ3) is 13.1. The first-order valence-corrected chi connectivity index (χ1v) is 19.6. The van der Waals surface area contributed by atoms with Crippen LogP contribution in [-0.4, -0.2) is 87.7 Å². The van der Waals surface area contributed by atoms with Gasteiger partial charge in [0.25, 0.3) is 5.91 Å². The molecule has 3 aromatic rings. The number of esters is 1. The van der Waals surface area contributed by atoms with Crippen molar-refractivity contribution in [1.29, 1.82) is 0 Å².